The minimum atomic E-state index is 0.346. The first-order valence-corrected chi connectivity index (χ1v) is 7.12. The van der Waals surface area contributed by atoms with Crippen LogP contribution in [0.1, 0.15) is 35.5 Å². The summed E-state index contributed by atoms with van der Waals surface area (Å²) in [7, 11) is 0. The van der Waals surface area contributed by atoms with Gasteiger partial charge in [0.15, 0.2) is 0 Å². The number of hydrogen-bond donors (Lipinski definition) is 2. The van der Waals surface area contributed by atoms with Crippen molar-refractivity contribution in [3.63, 3.8) is 0 Å². The summed E-state index contributed by atoms with van der Waals surface area (Å²) >= 11 is 1.71. The number of nitrogens with one attached hydrogen (secondary N) is 1. The van der Waals surface area contributed by atoms with Gasteiger partial charge in [-0.3, -0.25) is 0 Å². The highest BCUT2D eigenvalue weighted by Crippen LogP contribution is 2.19. The number of benzene rings is 1. The topological polar surface area (TPSA) is 50.9 Å². The van der Waals surface area contributed by atoms with Crippen LogP contribution in [-0.2, 0) is 13.1 Å². The van der Waals surface area contributed by atoms with E-state index < -0.39 is 0 Å². The van der Waals surface area contributed by atoms with E-state index in [9.17, 15) is 0 Å². The molecule has 18 heavy (non-hydrogen) atoms. The molecule has 96 valence electrons. The first-order chi connectivity index (χ1) is 8.83. The molecule has 0 aliphatic carbocycles. The molecule has 1 unspecified atom stereocenters. The van der Waals surface area contributed by atoms with E-state index in [2.05, 4.69) is 41.5 Å². The zero-order valence-corrected chi connectivity index (χ0v) is 11.4. The second-order valence-corrected chi connectivity index (χ2v) is 5.16. The SMILES string of the molecule is CCC(NCc1ccc(CN)cc1)c1nccs1. The van der Waals surface area contributed by atoms with Crippen LogP contribution in [0.5, 0.6) is 0 Å². The summed E-state index contributed by atoms with van der Waals surface area (Å²) in [5, 5.41) is 6.73. The number of nitrogens with zero attached hydrogens (tertiary/aromatic N) is 1. The Morgan fingerprint density at radius 2 is 2.00 bits per heavy atom. The van der Waals surface area contributed by atoms with Crippen molar-refractivity contribution in [3.8, 4) is 0 Å². The fourth-order valence-electron chi connectivity index (χ4n) is 1.85. The van der Waals surface area contributed by atoms with Crippen molar-refractivity contribution in [1.29, 1.82) is 0 Å². The van der Waals surface area contributed by atoms with Gasteiger partial charge < -0.3 is 11.1 Å². The summed E-state index contributed by atoms with van der Waals surface area (Å²) in [6.07, 6.45) is 2.91. The molecule has 1 heterocycles. The van der Waals surface area contributed by atoms with Gasteiger partial charge in [-0.2, -0.15) is 0 Å². The normalized spacial score (nSPS) is 12.6. The van der Waals surface area contributed by atoms with Gasteiger partial charge in [0.2, 0.25) is 0 Å². The summed E-state index contributed by atoms with van der Waals surface area (Å²) in [5.74, 6) is 0. The zero-order valence-electron chi connectivity index (χ0n) is 10.6. The molecule has 2 aromatic rings. The lowest BCUT2D eigenvalue weighted by molar-refractivity contribution is 0.516. The lowest BCUT2D eigenvalue weighted by Gasteiger charge is -2.14. The Balaban J connectivity index is 1.93. The van der Waals surface area contributed by atoms with Crippen LogP contribution in [-0.4, -0.2) is 4.98 Å². The predicted molar refractivity (Wildman–Crippen MR) is 76.3 cm³/mol. The van der Waals surface area contributed by atoms with Crippen molar-refractivity contribution in [3.05, 3.63) is 52.0 Å². The highest BCUT2D eigenvalue weighted by molar-refractivity contribution is 7.09. The van der Waals surface area contributed by atoms with Gasteiger partial charge in [-0.15, -0.1) is 11.3 Å². The molecule has 3 N–H and O–H groups in total. The fraction of sp³-hybridized carbons (Fsp3) is 0.357. The van der Waals surface area contributed by atoms with Gasteiger partial charge in [0.1, 0.15) is 5.01 Å². The van der Waals surface area contributed by atoms with E-state index >= 15 is 0 Å². The summed E-state index contributed by atoms with van der Waals surface area (Å²) in [6, 6.07) is 8.77. The summed E-state index contributed by atoms with van der Waals surface area (Å²) < 4.78 is 0. The van der Waals surface area contributed by atoms with Crippen LogP contribution in [0.4, 0.5) is 0 Å². The Morgan fingerprint density at radius 3 is 2.56 bits per heavy atom. The largest absolute Gasteiger partial charge is 0.326 e. The average Bonchev–Trinajstić information content (AvgIpc) is 2.94. The average molecular weight is 261 g/mol. The molecule has 0 aliphatic heterocycles. The molecular formula is C14H19N3S. The molecule has 3 nitrogen and oxygen atoms in total. The van der Waals surface area contributed by atoms with Crippen LogP contribution in [0, 0.1) is 0 Å². The van der Waals surface area contributed by atoms with Crippen LogP contribution in [0.2, 0.25) is 0 Å². The van der Waals surface area contributed by atoms with Crippen molar-refractivity contribution in [1.82, 2.24) is 10.3 Å². The highest BCUT2D eigenvalue weighted by Gasteiger charge is 2.10. The standard InChI is InChI=1S/C14H19N3S/c1-2-13(14-16-7-8-18-14)17-10-12-5-3-11(9-15)4-6-12/h3-8,13,17H,2,9-10,15H2,1H3. The van der Waals surface area contributed by atoms with E-state index in [-0.39, 0.29) is 0 Å². The van der Waals surface area contributed by atoms with E-state index in [1.165, 1.54) is 11.1 Å². The molecule has 0 saturated carbocycles. The molecule has 1 aromatic heterocycles. The van der Waals surface area contributed by atoms with Crippen LogP contribution in [0.15, 0.2) is 35.8 Å². The summed E-state index contributed by atoms with van der Waals surface area (Å²) in [4.78, 5) is 4.37. The molecule has 0 amide bonds. The van der Waals surface area contributed by atoms with E-state index in [1.807, 2.05) is 11.6 Å². The molecule has 0 bridgehead atoms. The maximum atomic E-state index is 5.59. The van der Waals surface area contributed by atoms with Gasteiger partial charge in [0, 0.05) is 24.7 Å². The van der Waals surface area contributed by atoms with Crippen molar-refractivity contribution < 1.29 is 0 Å². The first kappa shape index (κ1) is 13.2. The van der Waals surface area contributed by atoms with Crippen LogP contribution >= 0.6 is 11.3 Å². The predicted octanol–water partition coefficient (Wildman–Crippen LogP) is 2.84. The second kappa shape index (κ2) is 6.64. The highest BCUT2D eigenvalue weighted by atomic mass is 32.1. The minimum Gasteiger partial charge on any atom is -0.326 e. The Labute approximate surface area is 112 Å². The van der Waals surface area contributed by atoms with Crippen LogP contribution in [0.3, 0.4) is 0 Å². The van der Waals surface area contributed by atoms with Crippen molar-refractivity contribution in [2.75, 3.05) is 0 Å². The Morgan fingerprint density at radius 1 is 1.28 bits per heavy atom. The third-order valence-corrected chi connectivity index (χ3v) is 3.86. The number of hydrogen-bond acceptors (Lipinski definition) is 4. The quantitative estimate of drug-likeness (QED) is 0.840. The van der Waals surface area contributed by atoms with Gasteiger partial charge in [0.05, 0.1) is 6.04 Å². The van der Waals surface area contributed by atoms with Crippen molar-refractivity contribution in [2.24, 2.45) is 5.73 Å². The summed E-state index contributed by atoms with van der Waals surface area (Å²) in [6.45, 7) is 3.64. The van der Waals surface area contributed by atoms with Crippen LogP contribution in [0.25, 0.3) is 0 Å². The van der Waals surface area contributed by atoms with Crippen molar-refractivity contribution in [2.45, 2.75) is 32.5 Å². The lowest BCUT2D eigenvalue weighted by atomic mass is 10.1. The molecule has 1 atom stereocenters. The zero-order chi connectivity index (χ0) is 12.8. The molecule has 0 spiro atoms. The molecule has 4 heteroatoms. The van der Waals surface area contributed by atoms with Gasteiger partial charge in [-0.25, -0.2) is 4.98 Å². The van der Waals surface area contributed by atoms with Crippen molar-refractivity contribution >= 4 is 11.3 Å². The lowest BCUT2D eigenvalue weighted by Crippen LogP contribution is -2.20. The molecule has 0 fully saturated rings. The number of rotatable bonds is 6. The minimum absolute atomic E-state index is 0.346. The Kier molecular flexibility index (Phi) is 4.87. The van der Waals surface area contributed by atoms with Gasteiger partial charge in [-0.1, -0.05) is 31.2 Å². The second-order valence-electron chi connectivity index (χ2n) is 4.23. The van der Waals surface area contributed by atoms with E-state index in [4.69, 9.17) is 5.73 Å². The molecule has 0 radical (unpaired) electrons. The number of thiazole rings is 1. The third-order valence-electron chi connectivity index (χ3n) is 2.97. The third kappa shape index (κ3) is 3.38. The molecule has 0 aliphatic rings. The number of nitrogens with two attached hydrogens (primary N) is 1. The van der Waals surface area contributed by atoms with Gasteiger partial charge in [-0.05, 0) is 17.5 Å². The Bertz CT molecular complexity index is 450. The smallest absolute Gasteiger partial charge is 0.109 e. The van der Waals surface area contributed by atoms with Crippen LogP contribution < -0.4 is 11.1 Å². The van der Waals surface area contributed by atoms with Gasteiger partial charge in [0.25, 0.3) is 0 Å². The Hall–Kier alpha value is -1.23. The van der Waals surface area contributed by atoms with E-state index in [0.717, 1.165) is 18.0 Å². The van der Waals surface area contributed by atoms with Gasteiger partial charge >= 0.3 is 0 Å². The molecule has 0 saturated heterocycles. The summed E-state index contributed by atoms with van der Waals surface area (Å²) in [5.41, 5.74) is 8.04. The molecule has 2 rings (SSSR count). The fourth-order valence-corrected chi connectivity index (χ4v) is 2.64. The molecule has 1 aromatic carbocycles. The number of aromatic nitrogens is 1. The van der Waals surface area contributed by atoms with E-state index in [0.29, 0.717) is 12.6 Å². The maximum absolute atomic E-state index is 5.59. The maximum Gasteiger partial charge on any atom is 0.109 e. The molecular weight excluding hydrogens is 242 g/mol. The first-order valence-electron chi connectivity index (χ1n) is 6.24. The monoisotopic (exact) mass is 261 g/mol. The van der Waals surface area contributed by atoms with E-state index in [1.54, 1.807) is 11.3 Å².